The van der Waals surface area contributed by atoms with E-state index in [0.29, 0.717) is 11.3 Å². The second-order valence-corrected chi connectivity index (χ2v) is 5.78. The number of rotatable bonds is 2. The van der Waals surface area contributed by atoms with Gasteiger partial charge in [0.25, 0.3) is 0 Å². The minimum absolute atomic E-state index is 0.377. The highest BCUT2D eigenvalue weighted by atomic mass is 32.2. The van der Waals surface area contributed by atoms with E-state index in [1.165, 1.54) is 30.0 Å². The van der Waals surface area contributed by atoms with Crippen molar-refractivity contribution in [3.05, 3.63) is 11.6 Å². The topological polar surface area (TPSA) is 38.9 Å². The third-order valence-electron chi connectivity index (χ3n) is 2.42. The van der Waals surface area contributed by atoms with Gasteiger partial charge in [-0.2, -0.15) is 0 Å². The molecule has 0 aromatic carbocycles. The summed E-state index contributed by atoms with van der Waals surface area (Å²) in [6, 6.07) is 0.377. The van der Waals surface area contributed by atoms with E-state index in [1.807, 2.05) is 23.3 Å². The zero-order valence-electron chi connectivity index (χ0n) is 7.48. The lowest BCUT2D eigenvalue weighted by atomic mass is 9.96. The summed E-state index contributed by atoms with van der Waals surface area (Å²) in [5.41, 5.74) is 6.05. The van der Waals surface area contributed by atoms with E-state index < -0.39 is 0 Å². The van der Waals surface area contributed by atoms with Gasteiger partial charge in [-0.15, -0.1) is 11.3 Å². The van der Waals surface area contributed by atoms with E-state index in [0.717, 1.165) is 0 Å². The van der Waals surface area contributed by atoms with Crippen molar-refractivity contribution in [3.8, 4) is 0 Å². The first-order valence-corrected chi connectivity index (χ1v) is 6.44. The molecule has 2 N–H and O–H groups in total. The van der Waals surface area contributed by atoms with Crippen LogP contribution >= 0.6 is 23.1 Å². The van der Waals surface area contributed by atoms with E-state index in [2.05, 4.69) is 4.98 Å². The molecule has 1 aliphatic rings. The molecule has 13 heavy (non-hydrogen) atoms. The molecule has 2 nitrogen and oxygen atoms in total. The van der Waals surface area contributed by atoms with Crippen LogP contribution in [0.1, 0.15) is 25.7 Å². The fraction of sp³-hybridized carbons (Fsp3) is 0.667. The Morgan fingerprint density at radius 2 is 2.31 bits per heavy atom. The summed E-state index contributed by atoms with van der Waals surface area (Å²) in [6.45, 7) is 0. The van der Waals surface area contributed by atoms with Crippen molar-refractivity contribution in [1.29, 1.82) is 0 Å². The predicted molar refractivity (Wildman–Crippen MR) is 58.2 cm³/mol. The Labute approximate surface area is 86.9 Å². The summed E-state index contributed by atoms with van der Waals surface area (Å²) in [5, 5.41) is 2.62. The quantitative estimate of drug-likeness (QED) is 0.822. The molecule has 1 aromatic rings. The molecule has 0 radical (unpaired) electrons. The Kier molecular flexibility index (Phi) is 3.24. The maximum absolute atomic E-state index is 6.05. The summed E-state index contributed by atoms with van der Waals surface area (Å²) in [4.78, 5) is 4.27. The highest BCUT2D eigenvalue weighted by Gasteiger charge is 2.23. The molecule has 0 saturated heterocycles. The zero-order valence-corrected chi connectivity index (χ0v) is 9.11. The minimum Gasteiger partial charge on any atom is -0.327 e. The lowest BCUT2D eigenvalue weighted by Crippen LogP contribution is -2.35. The van der Waals surface area contributed by atoms with Crippen LogP contribution < -0.4 is 5.73 Å². The van der Waals surface area contributed by atoms with Gasteiger partial charge in [-0.1, -0.05) is 24.6 Å². The molecule has 1 aromatic heterocycles. The molecule has 1 heterocycles. The highest BCUT2D eigenvalue weighted by molar-refractivity contribution is 8.01. The molecule has 0 spiro atoms. The molecular weight excluding hydrogens is 200 g/mol. The largest absolute Gasteiger partial charge is 0.327 e. The van der Waals surface area contributed by atoms with Crippen molar-refractivity contribution < 1.29 is 0 Å². The van der Waals surface area contributed by atoms with E-state index >= 15 is 0 Å². The number of thiazole rings is 1. The van der Waals surface area contributed by atoms with Gasteiger partial charge in [0.05, 0.1) is 0 Å². The fourth-order valence-electron chi connectivity index (χ4n) is 1.67. The number of nitrogens with zero attached hydrogens (tertiary/aromatic N) is 1. The monoisotopic (exact) mass is 214 g/mol. The molecule has 4 heteroatoms. The normalized spacial score (nSPS) is 29.0. The van der Waals surface area contributed by atoms with Gasteiger partial charge in [0.1, 0.15) is 4.34 Å². The Balaban J connectivity index is 1.93. The molecule has 2 unspecified atom stereocenters. The molecule has 2 atom stereocenters. The van der Waals surface area contributed by atoms with Gasteiger partial charge in [0.2, 0.25) is 0 Å². The van der Waals surface area contributed by atoms with Crippen LogP contribution in [0.5, 0.6) is 0 Å². The number of thioether (sulfide) groups is 1. The first kappa shape index (κ1) is 9.49. The summed E-state index contributed by atoms with van der Waals surface area (Å²) in [7, 11) is 0. The van der Waals surface area contributed by atoms with Gasteiger partial charge in [0, 0.05) is 22.9 Å². The standard InChI is InChI=1S/C9H14N2S2/c10-7-3-1-2-4-8(7)13-9-11-5-6-12-9/h5-8H,1-4,10H2. The van der Waals surface area contributed by atoms with Crippen LogP contribution in [0.4, 0.5) is 0 Å². The molecule has 1 aliphatic carbocycles. The number of aromatic nitrogens is 1. The van der Waals surface area contributed by atoms with E-state index in [4.69, 9.17) is 5.73 Å². The Bertz CT molecular complexity index is 248. The molecule has 0 bridgehead atoms. The van der Waals surface area contributed by atoms with Crippen molar-refractivity contribution in [3.63, 3.8) is 0 Å². The summed E-state index contributed by atoms with van der Waals surface area (Å²) < 4.78 is 1.17. The van der Waals surface area contributed by atoms with E-state index in [9.17, 15) is 0 Å². The van der Waals surface area contributed by atoms with Crippen molar-refractivity contribution in [1.82, 2.24) is 4.98 Å². The van der Waals surface area contributed by atoms with Crippen LogP contribution in [0.25, 0.3) is 0 Å². The van der Waals surface area contributed by atoms with Gasteiger partial charge in [0.15, 0.2) is 0 Å². The third-order valence-corrected chi connectivity index (χ3v) is 4.75. The SMILES string of the molecule is NC1CCCCC1Sc1nccs1. The van der Waals surface area contributed by atoms with Crippen molar-refractivity contribution in [2.75, 3.05) is 0 Å². The van der Waals surface area contributed by atoms with Crippen molar-refractivity contribution >= 4 is 23.1 Å². The Hall–Kier alpha value is -0.0600. The van der Waals surface area contributed by atoms with E-state index in [-0.39, 0.29) is 0 Å². The number of hydrogen-bond donors (Lipinski definition) is 1. The molecule has 1 saturated carbocycles. The van der Waals surface area contributed by atoms with Crippen LogP contribution in [-0.2, 0) is 0 Å². The van der Waals surface area contributed by atoms with Gasteiger partial charge < -0.3 is 5.73 Å². The summed E-state index contributed by atoms with van der Waals surface area (Å²) in [6.07, 6.45) is 6.93. The Morgan fingerprint density at radius 3 is 3.00 bits per heavy atom. The average molecular weight is 214 g/mol. The minimum atomic E-state index is 0.377. The molecule has 1 fully saturated rings. The fourth-order valence-corrected chi connectivity index (χ4v) is 3.77. The van der Waals surface area contributed by atoms with Crippen molar-refractivity contribution in [2.24, 2.45) is 5.73 Å². The van der Waals surface area contributed by atoms with Crippen LogP contribution in [0.2, 0.25) is 0 Å². The van der Waals surface area contributed by atoms with Gasteiger partial charge in [-0.05, 0) is 12.8 Å². The first-order valence-electron chi connectivity index (χ1n) is 4.68. The smallest absolute Gasteiger partial charge is 0.150 e. The molecule has 2 rings (SSSR count). The maximum atomic E-state index is 6.05. The molecule has 72 valence electrons. The first-order chi connectivity index (χ1) is 6.36. The molecule has 0 aliphatic heterocycles. The lowest BCUT2D eigenvalue weighted by molar-refractivity contribution is 0.453. The predicted octanol–water partition coefficient (Wildman–Crippen LogP) is 2.51. The number of nitrogens with two attached hydrogens (primary N) is 1. The van der Waals surface area contributed by atoms with Crippen LogP contribution in [0.3, 0.4) is 0 Å². The second kappa shape index (κ2) is 4.44. The molecular formula is C9H14N2S2. The van der Waals surface area contributed by atoms with Crippen LogP contribution in [0.15, 0.2) is 15.9 Å². The van der Waals surface area contributed by atoms with Crippen LogP contribution in [-0.4, -0.2) is 16.3 Å². The maximum Gasteiger partial charge on any atom is 0.150 e. The second-order valence-electron chi connectivity index (χ2n) is 3.40. The summed E-state index contributed by atoms with van der Waals surface area (Å²) in [5.74, 6) is 0. The molecule has 0 amide bonds. The summed E-state index contributed by atoms with van der Waals surface area (Å²) >= 11 is 3.58. The third kappa shape index (κ3) is 2.45. The zero-order chi connectivity index (χ0) is 9.10. The highest BCUT2D eigenvalue weighted by Crippen LogP contribution is 2.33. The van der Waals surface area contributed by atoms with Crippen molar-refractivity contribution in [2.45, 2.75) is 41.3 Å². The number of hydrogen-bond acceptors (Lipinski definition) is 4. The van der Waals surface area contributed by atoms with Crippen LogP contribution in [0, 0.1) is 0 Å². The Morgan fingerprint density at radius 1 is 1.46 bits per heavy atom. The lowest BCUT2D eigenvalue weighted by Gasteiger charge is -2.26. The van der Waals surface area contributed by atoms with Gasteiger partial charge >= 0.3 is 0 Å². The average Bonchev–Trinajstić information content (AvgIpc) is 2.61. The van der Waals surface area contributed by atoms with Gasteiger partial charge in [-0.25, -0.2) is 4.98 Å². The van der Waals surface area contributed by atoms with E-state index in [1.54, 1.807) is 11.3 Å². The van der Waals surface area contributed by atoms with Gasteiger partial charge in [-0.3, -0.25) is 0 Å².